The number of rotatable bonds is 9. The molecular weight excluding hydrogens is 392 g/mol. The zero-order chi connectivity index (χ0) is 20.9. The van der Waals surface area contributed by atoms with Crippen LogP contribution in [-0.2, 0) is 10.0 Å². The van der Waals surface area contributed by atoms with Crippen molar-refractivity contribution >= 4 is 21.6 Å². The molecule has 0 aliphatic rings. The summed E-state index contributed by atoms with van der Waals surface area (Å²) in [5, 5.41) is 4.17. The molecule has 0 saturated carbocycles. The lowest BCUT2D eigenvalue weighted by atomic mass is 10.2. The first-order valence-corrected chi connectivity index (χ1v) is 10.8. The van der Waals surface area contributed by atoms with Crippen LogP contribution in [0.4, 0.5) is 5.69 Å². The molecule has 0 spiro atoms. The van der Waals surface area contributed by atoms with Crippen molar-refractivity contribution < 1.29 is 17.9 Å². The largest absolute Gasteiger partial charge is 0.494 e. The summed E-state index contributed by atoms with van der Waals surface area (Å²) in [5.41, 5.74) is 6.94. The lowest BCUT2D eigenvalue weighted by Crippen LogP contribution is -2.31. The van der Waals surface area contributed by atoms with Crippen LogP contribution in [0, 0.1) is 0 Å². The second kappa shape index (κ2) is 8.78. The van der Waals surface area contributed by atoms with Crippen LogP contribution in [0.3, 0.4) is 0 Å². The molecule has 9 heteroatoms. The van der Waals surface area contributed by atoms with Crippen molar-refractivity contribution in [2.75, 3.05) is 23.7 Å². The lowest BCUT2D eigenvalue weighted by molar-refractivity contribution is 0.1000. The number of hydrogen-bond donors (Lipinski definition) is 1. The summed E-state index contributed by atoms with van der Waals surface area (Å²) in [7, 11) is -3.47. The number of carbonyl (C=O) groups excluding carboxylic acids is 1. The third-order valence-electron chi connectivity index (χ3n) is 4.20. The van der Waals surface area contributed by atoms with Gasteiger partial charge in [-0.25, -0.2) is 13.1 Å². The van der Waals surface area contributed by atoms with E-state index in [2.05, 4.69) is 5.10 Å². The van der Waals surface area contributed by atoms with Gasteiger partial charge in [0.2, 0.25) is 15.9 Å². The fourth-order valence-corrected chi connectivity index (χ4v) is 3.77. The van der Waals surface area contributed by atoms with Gasteiger partial charge in [0, 0.05) is 30.9 Å². The third-order valence-corrected chi connectivity index (χ3v) is 5.39. The molecule has 2 N–H and O–H groups in total. The zero-order valence-electron chi connectivity index (χ0n) is 15.9. The number of carbonyl (C=O) groups is 1. The summed E-state index contributed by atoms with van der Waals surface area (Å²) in [6.07, 6.45) is 5.11. The van der Waals surface area contributed by atoms with E-state index in [9.17, 15) is 13.2 Å². The highest BCUT2D eigenvalue weighted by molar-refractivity contribution is 7.92. The van der Waals surface area contributed by atoms with Gasteiger partial charge in [-0.1, -0.05) is 6.07 Å². The van der Waals surface area contributed by atoms with Gasteiger partial charge in [-0.2, -0.15) is 5.10 Å². The van der Waals surface area contributed by atoms with E-state index < -0.39 is 15.9 Å². The van der Waals surface area contributed by atoms with Crippen molar-refractivity contribution in [1.82, 2.24) is 9.78 Å². The maximum atomic E-state index is 12.3. The molecule has 8 nitrogen and oxygen atoms in total. The Morgan fingerprint density at radius 1 is 1.17 bits per heavy atom. The highest BCUT2D eigenvalue weighted by atomic mass is 32.2. The topological polar surface area (TPSA) is 108 Å². The molecule has 0 aliphatic carbocycles. The van der Waals surface area contributed by atoms with Crippen molar-refractivity contribution in [2.45, 2.75) is 6.42 Å². The Morgan fingerprint density at radius 3 is 2.55 bits per heavy atom. The molecule has 0 radical (unpaired) electrons. The first-order chi connectivity index (χ1) is 13.8. The lowest BCUT2D eigenvalue weighted by Gasteiger charge is -2.23. The molecule has 3 rings (SSSR count). The molecule has 0 atom stereocenters. The van der Waals surface area contributed by atoms with E-state index >= 15 is 0 Å². The molecule has 0 saturated heterocycles. The van der Waals surface area contributed by atoms with E-state index in [4.69, 9.17) is 10.5 Å². The van der Waals surface area contributed by atoms with Gasteiger partial charge in [0.25, 0.3) is 0 Å². The summed E-state index contributed by atoms with van der Waals surface area (Å²) in [6, 6.07) is 15.5. The summed E-state index contributed by atoms with van der Waals surface area (Å²) < 4.78 is 33.3. The molecule has 1 heterocycles. The van der Waals surface area contributed by atoms with E-state index in [1.165, 1.54) is 10.6 Å². The Morgan fingerprint density at radius 2 is 1.93 bits per heavy atom. The zero-order valence-corrected chi connectivity index (χ0v) is 16.7. The van der Waals surface area contributed by atoms with Crippen LogP contribution in [0.5, 0.6) is 5.75 Å². The highest BCUT2D eigenvalue weighted by Gasteiger charge is 2.17. The van der Waals surface area contributed by atoms with E-state index in [-0.39, 0.29) is 6.54 Å². The molecular formula is C20H22N4O4S. The second-order valence-electron chi connectivity index (χ2n) is 6.40. The van der Waals surface area contributed by atoms with E-state index in [0.717, 1.165) is 5.69 Å². The van der Waals surface area contributed by atoms with Crippen LogP contribution >= 0.6 is 0 Å². The Kier molecular flexibility index (Phi) is 6.18. The summed E-state index contributed by atoms with van der Waals surface area (Å²) in [4.78, 5) is 11.1. The van der Waals surface area contributed by atoms with Crippen molar-refractivity contribution in [2.24, 2.45) is 5.73 Å². The predicted molar refractivity (Wildman–Crippen MR) is 111 cm³/mol. The van der Waals surface area contributed by atoms with Crippen LogP contribution in [0.1, 0.15) is 16.8 Å². The monoisotopic (exact) mass is 414 g/mol. The minimum Gasteiger partial charge on any atom is -0.494 e. The van der Waals surface area contributed by atoms with Gasteiger partial charge < -0.3 is 10.5 Å². The number of aromatic nitrogens is 2. The van der Waals surface area contributed by atoms with Crippen LogP contribution in [0.2, 0.25) is 0 Å². The third kappa shape index (κ3) is 5.35. The van der Waals surface area contributed by atoms with Crippen molar-refractivity contribution in [1.29, 1.82) is 0 Å². The van der Waals surface area contributed by atoms with Crippen molar-refractivity contribution in [3.05, 3.63) is 72.6 Å². The molecule has 29 heavy (non-hydrogen) atoms. The number of amides is 1. The molecule has 1 aromatic heterocycles. The molecule has 1 amide bonds. The van der Waals surface area contributed by atoms with Gasteiger partial charge >= 0.3 is 0 Å². The summed E-state index contributed by atoms with van der Waals surface area (Å²) in [6.45, 7) is 0.585. The Bertz CT molecular complexity index is 1060. The van der Waals surface area contributed by atoms with E-state index in [1.807, 2.05) is 6.07 Å². The quantitative estimate of drug-likeness (QED) is 0.540. The SMILES string of the molecule is CS(=O)(=O)N(CCCOc1ccc(C(N)=O)cc1)c1cccc(-n2cccn2)c1. The van der Waals surface area contributed by atoms with Gasteiger partial charge in [-0.15, -0.1) is 0 Å². The molecule has 0 bridgehead atoms. The maximum absolute atomic E-state index is 12.3. The average Bonchev–Trinajstić information content (AvgIpc) is 3.22. The number of anilines is 1. The number of primary amides is 1. The molecule has 3 aromatic rings. The Balaban J connectivity index is 1.65. The number of sulfonamides is 1. The van der Waals surface area contributed by atoms with Crippen LogP contribution in [-0.4, -0.2) is 43.5 Å². The summed E-state index contributed by atoms with van der Waals surface area (Å²) >= 11 is 0. The number of ether oxygens (including phenoxy) is 1. The number of benzene rings is 2. The minimum absolute atomic E-state index is 0.265. The maximum Gasteiger partial charge on any atom is 0.248 e. The fourth-order valence-electron chi connectivity index (χ4n) is 2.81. The first-order valence-electron chi connectivity index (χ1n) is 8.95. The number of nitrogens with zero attached hydrogens (tertiary/aromatic N) is 3. The minimum atomic E-state index is -3.47. The van der Waals surface area contributed by atoms with E-state index in [0.29, 0.717) is 30.0 Å². The number of nitrogens with two attached hydrogens (primary N) is 1. The molecule has 152 valence electrons. The van der Waals surface area contributed by atoms with Crippen molar-refractivity contribution in [3.8, 4) is 11.4 Å². The second-order valence-corrected chi connectivity index (χ2v) is 8.30. The average molecular weight is 414 g/mol. The Hall–Kier alpha value is -3.33. The molecule has 0 fully saturated rings. The Labute approximate surface area is 169 Å². The summed E-state index contributed by atoms with van der Waals surface area (Å²) in [5.74, 6) is 0.0827. The smallest absolute Gasteiger partial charge is 0.248 e. The van der Waals surface area contributed by atoms with Gasteiger partial charge in [-0.05, 0) is 48.5 Å². The first kappa shape index (κ1) is 20.4. The predicted octanol–water partition coefficient (Wildman–Crippen LogP) is 2.21. The normalized spacial score (nSPS) is 11.2. The van der Waals surface area contributed by atoms with Crippen LogP contribution in [0.25, 0.3) is 5.69 Å². The number of hydrogen-bond acceptors (Lipinski definition) is 5. The van der Waals surface area contributed by atoms with Crippen LogP contribution < -0.4 is 14.8 Å². The standard InChI is InChI=1S/C20H22N4O4S/c1-29(26,27)24(18-6-2-5-17(15-18)23-12-3-11-22-23)13-4-14-28-19-9-7-16(8-10-19)20(21)25/h2-3,5-12,15H,4,13-14H2,1H3,(H2,21,25). The fraction of sp³-hybridized carbons (Fsp3) is 0.200. The van der Waals surface area contributed by atoms with Gasteiger partial charge in [0.15, 0.2) is 0 Å². The highest BCUT2D eigenvalue weighted by Crippen LogP contribution is 2.21. The van der Waals surface area contributed by atoms with Crippen LogP contribution in [0.15, 0.2) is 67.0 Å². The van der Waals surface area contributed by atoms with Crippen molar-refractivity contribution in [3.63, 3.8) is 0 Å². The van der Waals surface area contributed by atoms with Gasteiger partial charge in [0.05, 0.1) is 24.2 Å². The molecule has 0 aliphatic heterocycles. The van der Waals surface area contributed by atoms with Gasteiger partial charge in [-0.3, -0.25) is 9.10 Å². The molecule has 2 aromatic carbocycles. The van der Waals surface area contributed by atoms with Gasteiger partial charge in [0.1, 0.15) is 5.75 Å². The molecule has 0 unspecified atom stereocenters. The van der Waals surface area contributed by atoms with E-state index in [1.54, 1.807) is 65.6 Å².